The van der Waals surface area contributed by atoms with Gasteiger partial charge in [0.25, 0.3) is 0 Å². The van der Waals surface area contributed by atoms with Crippen molar-refractivity contribution in [2.24, 2.45) is 0 Å². The summed E-state index contributed by atoms with van der Waals surface area (Å²) in [5, 5.41) is 10.5. The Morgan fingerprint density at radius 1 is 1.12 bits per heavy atom. The van der Waals surface area contributed by atoms with Crippen LogP contribution in [0.4, 0.5) is 14.6 Å². The number of rotatable bonds is 3. The highest BCUT2D eigenvalue weighted by Crippen LogP contribution is 2.42. The van der Waals surface area contributed by atoms with E-state index in [1.807, 2.05) is 25.7 Å². The van der Waals surface area contributed by atoms with Gasteiger partial charge in [-0.2, -0.15) is 0 Å². The van der Waals surface area contributed by atoms with Gasteiger partial charge in [0.2, 0.25) is 5.91 Å². The monoisotopic (exact) mass is 476 g/mol. The highest BCUT2D eigenvalue weighted by Gasteiger charge is 2.26. The summed E-state index contributed by atoms with van der Waals surface area (Å²) in [5.41, 5.74) is -0.555. The highest BCUT2D eigenvalue weighted by atomic mass is 35.5. The summed E-state index contributed by atoms with van der Waals surface area (Å²) in [5.74, 6) is -1.08. The second kappa shape index (κ2) is 10.3. The molecule has 176 valence electrons. The molecule has 0 aliphatic carbocycles. The molecule has 0 atom stereocenters. The maximum atomic E-state index is 15.6. The van der Waals surface area contributed by atoms with Crippen molar-refractivity contribution in [3.05, 3.63) is 46.7 Å². The van der Waals surface area contributed by atoms with Crippen LogP contribution in [-0.4, -0.2) is 52.1 Å². The maximum Gasteiger partial charge on any atom is 0.222 e. The third-order valence-electron chi connectivity index (χ3n) is 5.45. The van der Waals surface area contributed by atoms with Crippen molar-refractivity contribution in [1.29, 1.82) is 0 Å². The number of hydrogen-bond acceptors (Lipinski definition) is 5. The molecule has 0 unspecified atom stereocenters. The maximum absolute atomic E-state index is 15.6. The van der Waals surface area contributed by atoms with E-state index < -0.39 is 17.4 Å². The van der Waals surface area contributed by atoms with Gasteiger partial charge in [-0.05, 0) is 25.1 Å². The molecule has 3 aromatic rings. The molecule has 4 rings (SSSR count). The number of hydrogen-bond donors (Lipinski definition) is 1. The first-order valence-corrected chi connectivity index (χ1v) is 11.4. The van der Waals surface area contributed by atoms with Gasteiger partial charge < -0.3 is 14.9 Å². The van der Waals surface area contributed by atoms with Gasteiger partial charge in [-0.25, -0.2) is 18.7 Å². The zero-order valence-corrected chi connectivity index (χ0v) is 19.9. The van der Waals surface area contributed by atoms with Gasteiger partial charge in [0, 0.05) is 43.5 Å². The molecule has 1 amide bonds. The molecule has 1 N–H and O–H groups in total. The number of carbonyl (C=O) groups excluding carboxylic acids is 1. The number of benzene rings is 2. The normalized spacial score (nSPS) is 13.7. The van der Waals surface area contributed by atoms with Gasteiger partial charge in [0.05, 0.1) is 10.6 Å². The van der Waals surface area contributed by atoms with Crippen molar-refractivity contribution in [3.63, 3.8) is 0 Å². The Hall–Kier alpha value is -3.00. The van der Waals surface area contributed by atoms with Crippen LogP contribution >= 0.6 is 11.6 Å². The first kappa shape index (κ1) is 24.6. The third kappa shape index (κ3) is 4.71. The van der Waals surface area contributed by atoms with E-state index in [2.05, 4.69) is 9.97 Å². The van der Waals surface area contributed by atoms with Crippen molar-refractivity contribution < 1.29 is 18.7 Å². The molecule has 2 heterocycles. The number of fused-ring (bicyclic) bond motifs is 1. The Labute approximate surface area is 196 Å². The largest absolute Gasteiger partial charge is 0.507 e. The zero-order valence-electron chi connectivity index (χ0n) is 19.1. The first-order chi connectivity index (χ1) is 15.8. The highest BCUT2D eigenvalue weighted by molar-refractivity contribution is 6.34. The van der Waals surface area contributed by atoms with Crippen LogP contribution in [0.5, 0.6) is 5.75 Å². The Balaban J connectivity index is 0.00000149. The van der Waals surface area contributed by atoms with Crippen LogP contribution in [0.1, 0.15) is 33.0 Å². The van der Waals surface area contributed by atoms with Gasteiger partial charge in [0.15, 0.2) is 5.82 Å². The topological polar surface area (TPSA) is 69.6 Å². The van der Waals surface area contributed by atoms with E-state index in [1.165, 1.54) is 18.2 Å². The van der Waals surface area contributed by atoms with E-state index in [0.717, 1.165) is 6.07 Å². The standard InChI is InChI=1S/C22H21ClF2N4O2.C2H6/c1-3-17(31)28-7-9-29(10-8-28)22-13-11-14(23)18(19-15(24)5-4-6-16(19)30)20(25)21(13)26-12(2)27-22;1-2/h4-6,11,30H,3,7-10H2,1-2H3;1-2H3. The van der Waals surface area contributed by atoms with Crippen LogP contribution in [0.15, 0.2) is 24.3 Å². The fraction of sp³-hybridized carbons (Fsp3) is 0.375. The van der Waals surface area contributed by atoms with Crippen LogP contribution < -0.4 is 4.90 Å². The van der Waals surface area contributed by atoms with Crippen LogP contribution in [0.2, 0.25) is 5.02 Å². The fourth-order valence-corrected chi connectivity index (χ4v) is 4.20. The second-order valence-electron chi connectivity index (χ2n) is 7.39. The predicted octanol–water partition coefficient (Wildman–Crippen LogP) is 5.33. The number of anilines is 1. The molecular formula is C24H27ClF2N4O2. The summed E-state index contributed by atoms with van der Waals surface area (Å²) < 4.78 is 30.0. The average molecular weight is 477 g/mol. The molecule has 33 heavy (non-hydrogen) atoms. The quantitative estimate of drug-likeness (QED) is 0.553. The number of carbonyl (C=O) groups is 1. The van der Waals surface area contributed by atoms with Crippen molar-refractivity contribution in [1.82, 2.24) is 14.9 Å². The van der Waals surface area contributed by atoms with Crippen molar-refractivity contribution in [3.8, 4) is 16.9 Å². The van der Waals surface area contributed by atoms with Crippen LogP contribution in [0.3, 0.4) is 0 Å². The Morgan fingerprint density at radius 2 is 1.79 bits per heavy atom. The molecule has 0 bridgehead atoms. The number of phenolic OH excluding ortho intramolecular Hbond substituents is 1. The van der Waals surface area contributed by atoms with E-state index in [4.69, 9.17) is 11.6 Å². The number of piperazine rings is 1. The number of phenols is 1. The predicted molar refractivity (Wildman–Crippen MR) is 127 cm³/mol. The second-order valence-corrected chi connectivity index (χ2v) is 7.80. The van der Waals surface area contributed by atoms with Crippen molar-refractivity contribution in [2.45, 2.75) is 34.1 Å². The molecule has 0 saturated carbocycles. The Bertz CT molecular complexity index is 1160. The van der Waals surface area contributed by atoms with Crippen LogP contribution in [0, 0.1) is 18.6 Å². The Morgan fingerprint density at radius 3 is 2.39 bits per heavy atom. The molecule has 1 saturated heterocycles. The average Bonchev–Trinajstić information content (AvgIpc) is 2.82. The molecule has 1 aliphatic rings. The lowest BCUT2D eigenvalue weighted by molar-refractivity contribution is -0.131. The number of nitrogens with zero attached hydrogens (tertiary/aromatic N) is 4. The summed E-state index contributed by atoms with van der Waals surface area (Å²) in [6.07, 6.45) is 0.446. The van der Waals surface area contributed by atoms with Crippen molar-refractivity contribution >= 4 is 34.2 Å². The van der Waals surface area contributed by atoms with Crippen LogP contribution in [-0.2, 0) is 4.79 Å². The summed E-state index contributed by atoms with van der Waals surface area (Å²) in [7, 11) is 0. The summed E-state index contributed by atoms with van der Waals surface area (Å²) in [6.45, 7) is 9.61. The first-order valence-electron chi connectivity index (χ1n) is 11.0. The third-order valence-corrected chi connectivity index (χ3v) is 5.75. The van der Waals surface area contributed by atoms with Crippen LogP contribution in [0.25, 0.3) is 22.0 Å². The molecule has 1 aromatic heterocycles. The van der Waals surface area contributed by atoms with E-state index in [0.29, 0.717) is 49.6 Å². The van der Waals surface area contributed by atoms with E-state index in [9.17, 15) is 14.3 Å². The van der Waals surface area contributed by atoms with Gasteiger partial charge in [-0.15, -0.1) is 0 Å². The number of aryl methyl sites for hydroxylation is 1. The zero-order chi connectivity index (χ0) is 24.3. The number of halogens is 3. The fourth-order valence-electron chi connectivity index (χ4n) is 3.91. The molecule has 9 heteroatoms. The van der Waals surface area contributed by atoms with Gasteiger partial charge in [-0.3, -0.25) is 4.79 Å². The van der Waals surface area contributed by atoms with Gasteiger partial charge in [0.1, 0.15) is 28.7 Å². The van der Waals surface area contributed by atoms with Crippen molar-refractivity contribution in [2.75, 3.05) is 31.1 Å². The minimum atomic E-state index is -0.825. The van der Waals surface area contributed by atoms with Gasteiger partial charge >= 0.3 is 0 Å². The SMILES string of the molecule is CC.CCC(=O)N1CCN(c2nc(C)nc3c(F)c(-c4c(O)cccc4F)c(Cl)cc23)CC1. The lowest BCUT2D eigenvalue weighted by Crippen LogP contribution is -2.49. The van der Waals surface area contributed by atoms with E-state index >= 15 is 4.39 Å². The summed E-state index contributed by atoms with van der Waals surface area (Å²) in [4.78, 5) is 24.4. The minimum absolute atomic E-state index is 0.00313. The molecule has 0 radical (unpaired) electrons. The number of amides is 1. The summed E-state index contributed by atoms with van der Waals surface area (Å²) >= 11 is 6.38. The van der Waals surface area contributed by atoms with E-state index in [-0.39, 0.29) is 27.6 Å². The minimum Gasteiger partial charge on any atom is -0.507 e. The molecule has 6 nitrogen and oxygen atoms in total. The summed E-state index contributed by atoms with van der Waals surface area (Å²) in [6, 6.07) is 5.22. The lowest BCUT2D eigenvalue weighted by Gasteiger charge is -2.36. The molecule has 1 fully saturated rings. The number of aromatic hydroxyl groups is 1. The molecule has 2 aromatic carbocycles. The molecule has 1 aliphatic heterocycles. The van der Waals surface area contributed by atoms with E-state index in [1.54, 1.807) is 11.8 Å². The molecular weight excluding hydrogens is 450 g/mol. The number of aromatic nitrogens is 2. The molecule has 0 spiro atoms. The Kier molecular flexibility index (Phi) is 7.68. The lowest BCUT2D eigenvalue weighted by atomic mass is 10.0. The smallest absolute Gasteiger partial charge is 0.222 e. The van der Waals surface area contributed by atoms with Gasteiger partial charge in [-0.1, -0.05) is 38.4 Å².